The highest BCUT2D eigenvalue weighted by atomic mass is 16.5. The first kappa shape index (κ1) is 13.9. The minimum absolute atomic E-state index is 0.326. The van der Waals surface area contributed by atoms with Gasteiger partial charge in [0.25, 0.3) is 0 Å². The first-order valence-electron chi connectivity index (χ1n) is 6.80. The summed E-state index contributed by atoms with van der Waals surface area (Å²) in [6.07, 6.45) is 4.17. The van der Waals surface area contributed by atoms with Crippen molar-refractivity contribution in [1.82, 2.24) is 14.9 Å². The van der Waals surface area contributed by atoms with Crippen LogP contribution in [0.4, 0.5) is 11.6 Å². The van der Waals surface area contributed by atoms with E-state index in [2.05, 4.69) is 32.4 Å². The number of nitrogens with one attached hydrogen (secondary N) is 2. The summed E-state index contributed by atoms with van der Waals surface area (Å²) in [6.45, 7) is 5.60. The second-order valence-electron chi connectivity index (χ2n) is 4.91. The van der Waals surface area contributed by atoms with Gasteiger partial charge in [-0.1, -0.05) is 0 Å². The molecule has 0 bridgehead atoms. The van der Waals surface area contributed by atoms with Gasteiger partial charge in [0, 0.05) is 19.6 Å². The lowest BCUT2D eigenvalue weighted by Crippen LogP contribution is -2.33. The second kappa shape index (κ2) is 6.56. The number of methoxy groups -OCH3 is 1. The number of nitrogens with zero attached hydrogens (tertiary/aromatic N) is 3. The van der Waals surface area contributed by atoms with Crippen LogP contribution in [0.15, 0.2) is 6.33 Å². The maximum atomic E-state index is 5.37. The van der Waals surface area contributed by atoms with E-state index in [1.54, 1.807) is 13.4 Å². The van der Waals surface area contributed by atoms with Gasteiger partial charge in [-0.25, -0.2) is 9.97 Å². The molecule has 1 aromatic rings. The van der Waals surface area contributed by atoms with Crippen molar-refractivity contribution in [2.45, 2.75) is 25.8 Å². The summed E-state index contributed by atoms with van der Waals surface area (Å²) in [5.41, 5.74) is 0. The molecule has 0 spiro atoms. The van der Waals surface area contributed by atoms with E-state index in [0.717, 1.165) is 12.4 Å². The molecular weight excluding hydrogens is 242 g/mol. The highest BCUT2D eigenvalue weighted by molar-refractivity contribution is 5.63. The molecule has 1 unspecified atom stereocenters. The van der Waals surface area contributed by atoms with Crippen molar-refractivity contribution in [2.75, 3.05) is 44.4 Å². The fourth-order valence-corrected chi connectivity index (χ4v) is 2.48. The monoisotopic (exact) mass is 265 g/mol. The zero-order valence-corrected chi connectivity index (χ0v) is 11.9. The van der Waals surface area contributed by atoms with Crippen molar-refractivity contribution < 1.29 is 4.74 Å². The number of ether oxygens (including phenoxy) is 1. The fourth-order valence-electron chi connectivity index (χ4n) is 2.48. The maximum absolute atomic E-state index is 5.37. The Hall–Kier alpha value is -1.56. The van der Waals surface area contributed by atoms with Gasteiger partial charge in [0.2, 0.25) is 5.75 Å². The molecule has 0 aliphatic carbocycles. The summed E-state index contributed by atoms with van der Waals surface area (Å²) in [4.78, 5) is 10.9. The first-order chi connectivity index (χ1) is 9.24. The lowest BCUT2D eigenvalue weighted by atomic mass is 10.3. The molecule has 1 saturated heterocycles. The summed E-state index contributed by atoms with van der Waals surface area (Å²) in [7, 11) is 3.46. The molecule has 1 aromatic heterocycles. The number of hydrogen-bond donors (Lipinski definition) is 2. The van der Waals surface area contributed by atoms with Crippen molar-refractivity contribution >= 4 is 11.6 Å². The summed E-state index contributed by atoms with van der Waals surface area (Å²) < 4.78 is 5.37. The number of likely N-dealkylation sites (tertiary alicyclic amines) is 1. The Bertz CT molecular complexity index is 406. The van der Waals surface area contributed by atoms with Crippen molar-refractivity contribution in [1.29, 1.82) is 0 Å². The van der Waals surface area contributed by atoms with E-state index in [-0.39, 0.29) is 0 Å². The van der Waals surface area contributed by atoms with E-state index >= 15 is 0 Å². The highest BCUT2D eigenvalue weighted by Gasteiger charge is 2.17. The molecule has 2 heterocycles. The number of rotatable bonds is 6. The molecule has 2 N–H and O–H groups in total. The summed E-state index contributed by atoms with van der Waals surface area (Å²) >= 11 is 0. The van der Waals surface area contributed by atoms with Gasteiger partial charge in [-0.3, -0.25) is 0 Å². The predicted molar refractivity (Wildman–Crippen MR) is 76.9 cm³/mol. The van der Waals surface area contributed by atoms with Crippen molar-refractivity contribution in [3.05, 3.63) is 6.33 Å². The van der Waals surface area contributed by atoms with Crippen molar-refractivity contribution in [3.63, 3.8) is 0 Å². The van der Waals surface area contributed by atoms with Crippen LogP contribution in [0.1, 0.15) is 19.8 Å². The van der Waals surface area contributed by atoms with Crippen LogP contribution >= 0.6 is 0 Å². The van der Waals surface area contributed by atoms with Crippen LogP contribution in [0, 0.1) is 0 Å². The van der Waals surface area contributed by atoms with Gasteiger partial charge < -0.3 is 20.3 Å². The van der Waals surface area contributed by atoms with Gasteiger partial charge >= 0.3 is 0 Å². The molecule has 1 atom stereocenters. The van der Waals surface area contributed by atoms with Gasteiger partial charge in [-0.2, -0.15) is 0 Å². The van der Waals surface area contributed by atoms with E-state index < -0.39 is 0 Å². The third-order valence-corrected chi connectivity index (χ3v) is 3.36. The van der Waals surface area contributed by atoms with Crippen LogP contribution in [0.5, 0.6) is 5.75 Å². The standard InChI is InChI=1S/C13H23N5O/c1-10(8-18-6-4-5-7-18)17-13-11(19-3)12(14-2)15-9-16-13/h9-10H,4-8H2,1-3H3,(H2,14,15,16,17). The summed E-state index contributed by atoms with van der Waals surface area (Å²) in [5, 5.41) is 6.41. The molecule has 1 fully saturated rings. The van der Waals surface area contributed by atoms with Gasteiger partial charge in [0.05, 0.1) is 7.11 Å². The summed E-state index contributed by atoms with van der Waals surface area (Å²) in [6, 6.07) is 0.326. The van der Waals surface area contributed by atoms with E-state index in [1.807, 2.05) is 7.05 Å². The van der Waals surface area contributed by atoms with Crippen molar-refractivity contribution in [2.24, 2.45) is 0 Å². The normalized spacial score (nSPS) is 17.2. The molecule has 0 saturated carbocycles. The first-order valence-corrected chi connectivity index (χ1v) is 6.80. The molecule has 0 aromatic carbocycles. The zero-order chi connectivity index (χ0) is 13.7. The molecule has 1 aliphatic rings. The molecule has 106 valence electrons. The average molecular weight is 265 g/mol. The third-order valence-electron chi connectivity index (χ3n) is 3.36. The minimum atomic E-state index is 0.326. The number of aromatic nitrogens is 2. The lowest BCUT2D eigenvalue weighted by Gasteiger charge is -2.22. The number of hydrogen-bond acceptors (Lipinski definition) is 6. The van der Waals surface area contributed by atoms with Crippen LogP contribution in [0.2, 0.25) is 0 Å². The summed E-state index contributed by atoms with van der Waals surface area (Å²) in [5.74, 6) is 2.11. The highest BCUT2D eigenvalue weighted by Crippen LogP contribution is 2.28. The Morgan fingerprint density at radius 2 is 2.00 bits per heavy atom. The Balaban J connectivity index is 2.01. The third kappa shape index (κ3) is 3.47. The van der Waals surface area contributed by atoms with Crippen molar-refractivity contribution in [3.8, 4) is 5.75 Å². The maximum Gasteiger partial charge on any atom is 0.204 e. The number of anilines is 2. The fraction of sp³-hybridized carbons (Fsp3) is 0.692. The molecule has 2 rings (SSSR count). The molecular formula is C13H23N5O. The van der Waals surface area contributed by atoms with E-state index in [9.17, 15) is 0 Å². The molecule has 1 aliphatic heterocycles. The second-order valence-corrected chi connectivity index (χ2v) is 4.91. The Morgan fingerprint density at radius 1 is 1.32 bits per heavy atom. The largest absolute Gasteiger partial charge is 0.490 e. The average Bonchev–Trinajstić information content (AvgIpc) is 2.91. The SMILES string of the molecule is CNc1ncnc(NC(C)CN2CCCC2)c1OC. The molecule has 0 radical (unpaired) electrons. The van der Waals surface area contributed by atoms with Gasteiger partial charge in [0.15, 0.2) is 11.6 Å². The molecule has 6 nitrogen and oxygen atoms in total. The quantitative estimate of drug-likeness (QED) is 0.811. The van der Waals surface area contributed by atoms with Gasteiger partial charge in [-0.15, -0.1) is 0 Å². The Morgan fingerprint density at radius 3 is 2.63 bits per heavy atom. The minimum Gasteiger partial charge on any atom is -0.490 e. The van der Waals surface area contributed by atoms with E-state index in [4.69, 9.17) is 4.74 Å². The van der Waals surface area contributed by atoms with Crippen LogP contribution in [0.25, 0.3) is 0 Å². The van der Waals surface area contributed by atoms with Crippen LogP contribution < -0.4 is 15.4 Å². The van der Waals surface area contributed by atoms with Gasteiger partial charge in [0.1, 0.15) is 6.33 Å². The van der Waals surface area contributed by atoms with E-state index in [1.165, 1.54) is 25.9 Å². The smallest absolute Gasteiger partial charge is 0.204 e. The molecule has 0 amide bonds. The zero-order valence-electron chi connectivity index (χ0n) is 11.9. The lowest BCUT2D eigenvalue weighted by molar-refractivity contribution is 0.327. The topological polar surface area (TPSA) is 62.3 Å². The Labute approximate surface area is 114 Å². The van der Waals surface area contributed by atoms with Gasteiger partial charge in [-0.05, 0) is 32.9 Å². The van der Waals surface area contributed by atoms with Crippen LogP contribution in [-0.2, 0) is 0 Å². The Kier molecular flexibility index (Phi) is 4.79. The molecule has 6 heteroatoms. The molecule has 19 heavy (non-hydrogen) atoms. The van der Waals surface area contributed by atoms with Crippen LogP contribution in [0.3, 0.4) is 0 Å². The van der Waals surface area contributed by atoms with Crippen LogP contribution in [-0.4, -0.2) is 54.7 Å². The predicted octanol–water partition coefficient (Wildman–Crippen LogP) is 1.42. The van der Waals surface area contributed by atoms with E-state index in [0.29, 0.717) is 17.6 Å².